The standard InChI is InChI=1S/C17H17N3O2S2/c21-15(20-17-18-8-10-24-17)13(11-12-5-2-1-3-6-12)19-16(22)14-7-4-9-23-14/h1-7,9,13H,8,10-11H2,(H,19,22)(H,18,20,21). The number of thiophene rings is 1. The molecule has 0 bridgehead atoms. The fourth-order valence-corrected chi connectivity index (χ4v) is 3.66. The van der Waals surface area contributed by atoms with Crippen LogP contribution < -0.4 is 10.6 Å². The number of thioether (sulfide) groups is 1. The molecule has 0 radical (unpaired) electrons. The van der Waals surface area contributed by atoms with Gasteiger partial charge in [0.1, 0.15) is 6.04 Å². The number of nitrogens with one attached hydrogen (secondary N) is 2. The van der Waals surface area contributed by atoms with Gasteiger partial charge in [-0.15, -0.1) is 11.3 Å². The van der Waals surface area contributed by atoms with Crippen LogP contribution in [0.5, 0.6) is 0 Å². The van der Waals surface area contributed by atoms with Gasteiger partial charge in [0.05, 0.1) is 11.4 Å². The van der Waals surface area contributed by atoms with Crippen LogP contribution in [0.1, 0.15) is 15.2 Å². The van der Waals surface area contributed by atoms with Crippen molar-refractivity contribution in [2.45, 2.75) is 12.5 Å². The Kier molecular flexibility index (Phi) is 5.66. The van der Waals surface area contributed by atoms with Crippen LogP contribution in [0, 0.1) is 0 Å². The van der Waals surface area contributed by atoms with Gasteiger partial charge in [0.25, 0.3) is 5.91 Å². The van der Waals surface area contributed by atoms with E-state index in [0.717, 1.165) is 11.3 Å². The molecule has 1 atom stereocenters. The van der Waals surface area contributed by atoms with Crippen molar-refractivity contribution in [3.63, 3.8) is 0 Å². The largest absolute Gasteiger partial charge is 0.339 e. The predicted molar refractivity (Wildman–Crippen MR) is 98.6 cm³/mol. The van der Waals surface area contributed by atoms with E-state index < -0.39 is 6.04 Å². The number of carbonyl (C=O) groups excluding carboxylic acids is 2. The maximum atomic E-state index is 12.6. The van der Waals surface area contributed by atoms with Crippen LogP contribution in [-0.4, -0.2) is 35.3 Å². The second-order valence-corrected chi connectivity index (χ2v) is 7.25. The molecule has 124 valence electrons. The zero-order chi connectivity index (χ0) is 16.8. The topological polar surface area (TPSA) is 70.6 Å². The highest BCUT2D eigenvalue weighted by Gasteiger charge is 2.24. The molecular formula is C17H17N3O2S2. The van der Waals surface area contributed by atoms with E-state index in [-0.39, 0.29) is 11.8 Å². The second kappa shape index (κ2) is 8.12. The first kappa shape index (κ1) is 16.7. The number of hydrogen-bond donors (Lipinski definition) is 2. The van der Waals surface area contributed by atoms with Crippen LogP contribution in [0.4, 0.5) is 0 Å². The van der Waals surface area contributed by atoms with Crippen LogP contribution in [0.15, 0.2) is 52.8 Å². The van der Waals surface area contributed by atoms with Crippen molar-refractivity contribution in [1.82, 2.24) is 10.6 Å². The van der Waals surface area contributed by atoms with E-state index >= 15 is 0 Å². The summed E-state index contributed by atoms with van der Waals surface area (Å²) in [6, 6.07) is 12.6. The third-order valence-electron chi connectivity index (χ3n) is 3.47. The minimum atomic E-state index is -0.647. The molecule has 1 aromatic heterocycles. The molecule has 2 N–H and O–H groups in total. The van der Waals surface area contributed by atoms with Gasteiger partial charge in [-0.2, -0.15) is 0 Å². The molecule has 24 heavy (non-hydrogen) atoms. The molecule has 0 aliphatic carbocycles. The molecule has 1 aliphatic heterocycles. The highest BCUT2D eigenvalue weighted by atomic mass is 32.2. The van der Waals surface area contributed by atoms with E-state index in [1.165, 1.54) is 23.1 Å². The average Bonchev–Trinajstić information content (AvgIpc) is 3.29. The summed E-state index contributed by atoms with van der Waals surface area (Å²) in [5.74, 6) is 0.402. The summed E-state index contributed by atoms with van der Waals surface area (Å²) in [6.07, 6.45) is 0.432. The van der Waals surface area contributed by atoms with E-state index in [0.29, 0.717) is 23.0 Å². The number of hydrogen-bond acceptors (Lipinski definition) is 5. The summed E-state index contributed by atoms with van der Waals surface area (Å²) in [6.45, 7) is 0.713. The summed E-state index contributed by atoms with van der Waals surface area (Å²) in [5.41, 5.74) is 0.991. The summed E-state index contributed by atoms with van der Waals surface area (Å²) in [7, 11) is 0. The first-order chi connectivity index (χ1) is 11.7. The quantitative estimate of drug-likeness (QED) is 0.861. The fourth-order valence-electron chi connectivity index (χ4n) is 2.30. The first-order valence-corrected chi connectivity index (χ1v) is 9.45. The normalized spacial score (nSPS) is 14.8. The van der Waals surface area contributed by atoms with Gasteiger partial charge in [-0.1, -0.05) is 48.2 Å². The molecule has 0 saturated heterocycles. The van der Waals surface area contributed by atoms with Crippen molar-refractivity contribution < 1.29 is 9.59 Å². The Morgan fingerprint density at radius 3 is 2.67 bits per heavy atom. The van der Waals surface area contributed by atoms with Crippen LogP contribution in [0.25, 0.3) is 0 Å². The molecule has 1 aromatic carbocycles. The Bertz CT molecular complexity index is 730. The molecule has 0 fully saturated rings. The van der Waals surface area contributed by atoms with E-state index in [1.807, 2.05) is 41.8 Å². The first-order valence-electron chi connectivity index (χ1n) is 7.59. The molecule has 0 saturated carbocycles. The number of carbonyl (C=O) groups is 2. The maximum Gasteiger partial charge on any atom is 0.262 e. The van der Waals surface area contributed by atoms with Gasteiger partial charge in [0.2, 0.25) is 5.91 Å². The predicted octanol–water partition coefficient (Wildman–Crippen LogP) is 2.31. The lowest BCUT2D eigenvalue weighted by molar-refractivity contribution is -0.121. The number of amidine groups is 1. The summed E-state index contributed by atoms with van der Waals surface area (Å²) in [5, 5.41) is 8.12. The van der Waals surface area contributed by atoms with Gasteiger partial charge < -0.3 is 10.6 Å². The van der Waals surface area contributed by atoms with Crippen molar-refractivity contribution in [2.24, 2.45) is 4.99 Å². The smallest absolute Gasteiger partial charge is 0.262 e. The maximum absolute atomic E-state index is 12.6. The number of aliphatic imine (C=N–C) groups is 1. The van der Waals surface area contributed by atoms with Crippen molar-refractivity contribution in [1.29, 1.82) is 0 Å². The molecule has 2 aromatic rings. The lowest BCUT2D eigenvalue weighted by atomic mass is 10.1. The Hall–Kier alpha value is -2.12. The molecule has 1 unspecified atom stereocenters. The van der Waals surface area contributed by atoms with Crippen molar-refractivity contribution in [3.8, 4) is 0 Å². The van der Waals surface area contributed by atoms with Crippen molar-refractivity contribution in [2.75, 3.05) is 12.3 Å². The Labute approximate surface area is 148 Å². The molecule has 1 aliphatic rings. The van der Waals surface area contributed by atoms with Gasteiger partial charge in [0, 0.05) is 12.2 Å². The molecule has 2 amide bonds. The Balaban J connectivity index is 1.72. The third-order valence-corrected chi connectivity index (χ3v) is 5.22. The van der Waals surface area contributed by atoms with Crippen molar-refractivity contribution >= 4 is 40.1 Å². The highest BCUT2D eigenvalue weighted by Crippen LogP contribution is 2.12. The van der Waals surface area contributed by atoms with Crippen molar-refractivity contribution in [3.05, 3.63) is 58.3 Å². The van der Waals surface area contributed by atoms with Gasteiger partial charge in [-0.3, -0.25) is 14.6 Å². The summed E-state index contributed by atoms with van der Waals surface area (Å²) >= 11 is 2.87. The number of nitrogens with zero attached hydrogens (tertiary/aromatic N) is 1. The minimum Gasteiger partial charge on any atom is -0.339 e. The molecular weight excluding hydrogens is 342 g/mol. The summed E-state index contributed by atoms with van der Waals surface area (Å²) < 4.78 is 0. The second-order valence-electron chi connectivity index (χ2n) is 5.22. The van der Waals surface area contributed by atoms with Crippen LogP contribution in [0.2, 0.25) is 0 Å². The van der Waals surface area contributed by atoms with Gasteiger partial charge in [-0.25, -0.2) is 0 Å². The van der Waals surface area contributed by atoms with Crippen LogP contribution in [0.3, 0.4) is 0 Å². The van der Waals surface area contributed by atoms with Crippen LogP contribution >= 0.6 is 23.1 Å². The van der Waals surface area contributed by atoms with Gasteiger partial charge in [-0.05, 0) is 17.0 Å². The average molecular weight is 359 g/mol. The molecule has 0 spiro atoms. The zero-order valence-corrected chi connectivity index (χ0v) is 14.5. The molecule has 2 heterocycles. The highest BCUT2D eigenvalue weighted by molar-refractivity contribution is 8.14. The van der Waals surface area contributed by atoms with E-state index in [9.17, 15) is 9.59 Å². The Morgan fingerprint density at radius 2 is 2.00 bits per heavy atom. The monoisotopic (exact) mass is 359 g/mol. The van der Waals surface area contributed by atoms with E-state index in [2.05, 4.69) is 15.6 Å². The van der Waals surface area contributed by atoms with Gasteiger partial charge in [0.15, 0.2) is 5.17 Å². The molecule has 5 nitrogen and oxygen atoms in total. The minimum absolute atomic E-state index is 0.234. The summed E-state index contributed by atoms with van der Waals surface area (Å²) in [4.78, 5) is 29.7. The molecule has 3 rings (SSSR count). The zero-order valence-electron chi connectivity index (χ0n) is 12.9. The number of rotatable bonds is 5. The number of benzene rings is 1. The van der Waals surface area contributed by atoms with E-state index in [1.54, 1.807) is 6.07 Å². The Morgan fingerprint density at radius 1 is 1.17 bits per heavy atom. The lowest BCUT2D eigenvalue weighted by Gasteiger charge is -2.18. The molecule has 7 heteroatoms. The third kappa shape index (κ3) is 4.46. The number of amides is 2. The van der Waals surface area contributed by atoms with E-state index in [4.69, 9.17) is 0 Å². The van der Waals surface area contributed by atoms with Crippen LogP contribution in [-0.2, 0) is 11.2 Å². The SMILES string of the molecule is O=C(NC(Cc1ccccc1)C(=O)NC1=NCCS1)c1cccs1. The lowest BCUT2D eigenvalue weighted by Crippen LogP contribution is -2.48. The fraction of sp³-hybridized carbons (Fsp3) is 0.235. The van der Waals surface area contributed by atoms with Gasteiger partial charge >= 0.3 is 0 Å².